The summed E-state index contributed by atoms with van der Waals surface area (Å²) < 4.78 is 10.6. The molecule has 1 aromatic carbocycles. The zero-order valence-corrected chi connectivity index (χ0v) is 17.7. The van der Waals surface area contributed by atoms with Crippen molar-refractivity contribution in [3.63, 3.8) is 0 Å². The lowest BCUT2D eigenvalue weighted by Gasteiger charge is -2.29. The van der Waals surface area contributed by atoms with E-state index in [-0.39, 0.29) is 13.2 Å². The highest BCUT2D eigenvalue weighted by Crippen LogP contribution is 2.50. The summed E-state index contributed by atoms with van der Waals surface area (Å²) in [6, 6.07) is 11.7. The highest BCUT2D eigenvalue weighted by Gasteiger charge is 2.57. The molecule has 0 spiro atoms. The molecule has 0 aliphatic heterocycles. The number of ether oxygens (including phenoxy) is 2. The van der Waals surface area contributed by atoms with Gasteiger partial charge in [0.15, 0.2) is 5.41 Å². The monoisotopic (exact) mass is 376 g/mol. The number of hydrogen-bond donors (Lipinski definition) is 0. The highest BCUT2D eigenvalue weighted by molar-refractivity contribution is 6.89. The van der Waals surface area contributed by atoms with E-state index >= 15 is 0 Å². The van der Waals surface area contributed by atoms with Crippen LogP contribution in [0.1, 0.15) is 33.6 Å². The summed E-state index contributed by atoms with van der Waals surface area (Å²) in [5, 5.41) is 1.41. The van der Waals surface area contributed by atoms with Crippen molar-refractivity contribution in [3.8, 4) is 0 Å². The van der Waals surface area contributed by atoms with E-state index in [0.717, 1.165) is 6.04 Å². The molecule has 0 unspecified atom stereocenters. The van der Waals surface area contributed by atoms with Gasteiger partial charge >= 0.3 is 11.9 Å². The average Bonchev–Trinajstić information content (AvgIpc) is 2.93. The lowest BCUT2D eigenvalue weighted by atomic mass is 9.85. The van der Waals surface area contributed by atoms with Gasteiger partial charge in [-0.1, -0.05) is 61.6 Å². The average molecular weight is 377 g/mol. The highest BCUT2D eigenvalue weighted by atomic mass is 28.3. The lowest BCUT2D eigenvalue weighted by Crippen LogP contribution is -2.44. The molecule has 0 aromatic heterocycles. The number of hydrogen-bond acceptors (Lipinski definition) is 4. The maximum atomic E-state index is 12.7. The van der Waals surface area contributed by atoms with Crippen LogP contribution in [0.4, 0.5) is 0 Å². The van der Waals surface area contributed by atoms with Gasteiger partial charge in [0, 0.05) is 0 Å². The summed E-state index contributed by atoms with van der Waals surface area (Å²) in [7, 11) is -1.66. The Kier molecular flexibility index (Phi) is 6.67. The minimum absolute atomic E-state index is 0.281. The van der Waals surface area contributed by atoms with Gasteiger partial charge in [-0.25, -0.2) is 0 Å². The number of rotatable bonds is 7. The number of carbonyl (C=O) groups is 2. The Morgan fingerprint density at radius 1 is 1.04 bits per heavy atom. The predicted octanol–water partition coefficient (Wildman–Crippen LogP) is 3.76. The van der Waals surface area contributed by atoms with E-state index in [0.29, 0.717) is 24.7 Å². The lowest BCUT2D eigenvalue weighted by molar-refractivity contribution is -0.172. The summed E-state index contributed by atoms with van der Waals surface area (Å²) >= 11 is 0. The van der Waals surface area contributed by atoms with E-state index in [4.69, 9.17) is 9.47 Å². The topological polar surface area (TPSA) is 52.6 Å². The molecule has 4 nitrogen and oxygen atoms in total. The molecule has 0 N–H and O–H groups in total. The van der Waals surface area contributed by atoms with Crippen LogP contribution in [0.25, 0.3) is 0 Å². The molecular weight excluding hydrogens is 344 g/mol. The fourth-order valence-corrected chi connectivity index (χ4v) is 7.53. The van der Waals surface area contributed by atoms with Gasteiger partial charge in [-0.3, -0.25) is 9.59 Å². The van der Waals surface area contributed by atoms with Crippen LogP contribution < -0.4 is 5.19 Å². The molecule has 0 amide bonds. The molecule has 0 heterocycles. The van der Waals surface area contributed by atoms with Crippen molar-refractivity contribution in [2.75, 3.05) is 13.2 Å². The zero-order valence-electron chi connectivity index (χ0n) is 16.7. The second-order valence-corrected chi connectivity index (χ2v) is 12.9. The van der Waals surface area contributed by atoms with Crippen LogP contribution in [0, 0.1) is 17.3 Å². The maximum Gasteiger partial charge on any atom is 0.323 e. The molecule has 1 aromatic rings. The molecule has 1 saturated carbocycles. The summed E-state index contributed by atoms with van der Waals surface area (Å²) in [6.07, 6.45) is 1.06. The van der Waals surface area contributed by atoms with E-state index in [1.54, 1.807) is 13.8 Å². The van der Waals surface area contributed by atoms with Gasteiger partial charge in [-0.2, -0.15) is 0 Å². The first-order valence-corrected chi connectivity index (χ1v) is 12.9. The Morgan fingerprint density at radius 3 is 2.08 bits per heavy atom. The Hall–Kier alpha value is -1.62. The molecule has 5 heteroatoms. The standard InChI is InChI=1S/C21H32O4Si/c1-6-24-19(22)21(20(23)25-7-2)13-16(3)17(14-21)15-26(4,5)18-11-9-8-10-12-18/h8-12,16-17H,6-7,13-15H2,1-5H3/t16-,17-/m1/s1. The Bertz CT molecular complexity index is 608. The number of benzene rings is 1. The third-order valence-corrected chi connectivity index (χ3v) is 9.19. The van der Waals surface area contributed by atoms with Crippen LogP contribution in [-0.4, -0.2) is 33.2 Å². The summed E-state index contributed by atoms with van der Waals surface area (Å²) in [5.74, 6) is -0.205. The summed E-state index contributed by atoms with van der Waals surface area (Å²) in [5.41, 5.74) is -1.13. The van der Waals surface area contributed by atoms with Crippen LogP contribution >= 0.6 is 0 Å². The Labute approximate surface area is 158 Å². The maximum absolute atomic E-state index is 12.7. The third kappa shape index (κ3) is 4.19. The van der Waals surface area contributed by atoms with Crippen molar-refractivity contribution in [1.29, 1.82) is 0 Å². The summed E-state index contributed by atoms with van der Waals surface area (Å²) in [6.45, 7) is 11.0. The SMILES string of the molecule is CCOC(=O)C1(C(=O)OCC)C[C@H](C[Si](C)(C)c2ccccc2)[C@H](C)C1. The minimum Gasteiger partial charge on any atom is -0.465 e. The van der Waals surface area contributed by atoms with Crippen molar-refractivity contribution < 1.29 is 19.1 Å². The second-order valence-electron chi connectivity index (χ2n) is 8.12. The first-order chi connectivity index (χ1) is 12.3. The van der Waals surface area contributed by atoms with Gasteiger partial charge in [0.25, 0.3) is 0 Å². The van der Waals surface area contributed by atoms with Crippen molar-refractivity contribution in [3.05, 3.63) is 30.3 Å². The molecule has 2 atom stereocenters. The van der Waals surface area contributed by atoms with Crippen LogP contribution in [0.15, 0.2) is 30.3 Å². The molecule has 26 heavy (non-hydrogen) atoms. The normalized spacial score (nSPS) is 22.0. The van der Waals surface area contributed by atoms with Crippen LogP contribution in [0.3, 0.4) is 0 Å². The van der Waals surface area contributed by atoms with E-state index in [1.165, 1.54) is 5.19 Å². The molecule has 2 rings (SSSR count). The first kappa shape index (κ1) is 20.7. The van der Waals surface area contributed by atoms with E-state index in [9.17, 15) is 9.59 Å². The van der Waals surface area contributed by atoms with E-state index in [2.05, 4.69) is 44.3 Å². The molecule has 0 radical (unpaired) electrons. The van der Waals surface area contributed by atoms with Gasteiger partial charge in [0.1, 0.15) is 0 Å². The molecule has 0 bridgehead atoms. The van der Waals surface area contributed by atoms with Crippen molar-refractivity contribution in [1.82, 2.24) is 0 Å². The van der Waals surface area contributed by atoms with Gasteiger partial charge in [-0.15, -0.1) is 0 Å². The fourth-order valence-electron chi connectivity index (χ4n) is 4.34. The molecular formula is C21H32O4Si. The predicted molar refractivity (Wildman–Crippen MR) is 106 cm³/mol. The Balaban J connectivity index is 2.24. The smallest absolute Gasteiger partial charge is 0.323 e. The minimum atomic E-state index is -1.66. The van der Waals surface area contributed by atoms with Crippen molar-refractivity contribution >= 4 is 25.2 Å². The van der Waals surface area contributed by atoms with Crippen molar-refractivity contribution in [2.45, 2.75) is 52.8 Å². The number of esters is 2. The van der Waals surface area contributed by atoms with Crippen molar-refractivity contribution in [2.24, 2.45) is 17.3 Å². The quantitative estimate of drug-likeness (QED) is 0.413. The van der Waals surface area contributed by atoms with Crippen LogP contribution in [0.2, 0.25) is 19.1 Å². The molecule has 0 saturated heterocycles. The van der Waals surface area contributed by atoms with Gasteiger partial charge in [-0.05, 0) is 38.5 Å². The molecule has 144 valence electrons. The number of carbonyl (C=O) groups excluding carboxylic acids is 2. The van der Waals surface area contributed by atoms with E-state index in [1.807, 2.05) is 6.07 Å². The fraction of sp³-hybridized carbons (Fsp3) is 0.619. The Morgan fingerprint density at radius 2 is 1.58 bits per heavy atom. The van der Waals surface area contributed by atoms with Gasteiger partial charge in [0.2, 0.25) is 0 Å². The van der Waals surface area contributed by atoms with Gasteiger partial charge in [0.05, 0.1) is 21.3 Å². The van der Waals surface area contributed by atoms with E-state index < -0.39 is 25.4 Å². The van der Waals surface area contributed by atoms with Crippen LogP contribution in [-0.2, 0) is 19.1 Å². The third-order valence-electron chi connectivity index (χ3n) is 5.75. The van der Waals surface area contributed by atoms with Crippen LogP contribution in [0.5, 0.6) is 0 Å². The molecule has 1 aliphatic rings. The second kappa shape index (κ2) is 8.38. The largest absolute Gasteiger partial charge is 0.465 e. The molecule has 1 aliphatic carbocycles. The molecule has 1 fully saturated rings. The van der Waals surface area contributed by atoms with Gasteiger partial charge < -0.3 is 9.47 Å². The summed E-state index contributed by atoms with van der Waals surface area (Å²) in [4.78, 5) is 25.4. The zero-order chi connectivity index (χ0) is 19.4. The first-order valence-electron chi connectivity index (χ1n) is 9.66.